The molecule has 17 nitrogen and oxygen atoms in total. The maximum absolute atomic E-state index is 6.33. The van der Waals surface area contributed by atoms with E-state index in [4.69, 9.17) is 113 Å². The third-order valence-corrected chi connectivity index (χ3v) is 26.6. The summed E-state index contributed by atoms with van der Waals surface area (Å²) >= 11 is 49.8. The standard InChI is InChI=1S/C26H29Cl2N5.C25H28Cl2N4.2C24H26Cl2N4/c1-32-11-13-33(14-12-32)10-4-9-29-26-30-17-19-15-22(18-7-8-23(27)24(28)16-18)20-5-2-3-6-21(20)25(19)31-26;1-31(2)13-7-3-6-12-28-25-29-16-18-14-21(17-10-11-22(26)23(27)15-17)19-8-4-5-9-20(19)24(18)30-25;2*1-30(2)12-6-5-11-27-24-28-15-17-13-20(16-9-10-21(25)22(26)14-16)18-7-3-4-8-19(18)23(17)29-24/h2-3,5-8,16-17,22H,4,9-15H2,1H3,(H,29,30,31);4-5,8-11,15-16,21H,3,6-7,12-14H2,1-2H3,(H,28,29,30);2*3-4,7-10,14-15,20H,5-6,11-13H2,1-2H3,(H,27,28,29)/t22-;21-;2*20-/m1010/s1. The van der Waals surface area contributed by atoms with Crippen molar-refractivity contribution in [3.63, 3.8) is 0 Å². The number of benzene rings is 8. The zero-order valence-corrected chi connectivity index (χ0v) is 77.6. The molecule has 646 valence electrons. The molecule has 4 N–H and O–H groups in total. The van der Waals surface area contributed by atoms with Gasteiger partial charge < -0.3 is 45.8 Å². The molecule has 0 amide bonds. The molecule has 0 unspecified atom stereocenters. The van der Waals surface area contributed by atoms with Crippen LogP contribution in [-0.4, -0.2) is 192 Å². The van der Waals surface area contributed by atoms with Gasteiger partial charge in [0.15, 0.2) is 0 Å². The Morgan fingerprint density at radius 2 is 0.565 bits per heavy atom. The summed E-state index contributed by atoms with van der Waals surface area (Å²) < 4.78 is 0. The Hall–Kier alpha value is -8.60. The van der Waals surface area contributed by atoms with Gasteiger partial charge in [0.25, 0.3) is 0 Å². The van der Waals surface area contributed by atoms with E-state index in [1.807, 2.05) is 73.3 Å². The van der Waals surface area contributed by atoms with Gasteiger partial charge >= 0.3 is 0 Å². The SMILES string of the molecule is CN(C)CCCCCNc1ncc2c(n1)-c1ccccc1[C@H](c1ccc(Cl)c(Cl)c1)C2.CN(C)CCCCNc1ncc2c(n1)-c1ccccc1[C@@H](c1ccc(Cl)c(Cl)c1)C2.CN(C)CCCCNc1ncc2c(n1)-c1ccccc1[C@H](c1ccc(Cl)c(Cl)c1)C2.CN1CCN(CCCNc2ncc3c(n2)-c2ccccc2[C@@H](c2ccc(Cl)c(Cl)c2)C3)CC1. The molecule has 5 aliphatic rings. The van der Waals surface area contributed by atoms with Crippen molar-refractivity contribution >= 4 is 117 Å². The van der Waals surface area contributed by atoms with Crippen LogP contribution in [0, 0.1) is 0 Å². The molecule has 1 saturated heterocycles. The highest BCUT2D eigenvalue weighted by Crippen LogP contribution is 2.48. The van der Waals surface area contributed by atoms with Crippen LogP contribution in [0.25, 0.3) is 45.0 Å². The molecule has 8 aromatic carbocycles. The average molecular weight is 1820 g/mol. The molecule has 0 saturated carbocycles. The van der Waals surface area contributed by atoms with Gasteiger partial charge in [0, 0.05) is 123 Å². The van der Waals surface area contributed by atoms with Crippen LogP contribution in [0.15, 0.2) is 195 Å². The summed E-state index contributed by atoms with van der Waals surface area (Å²) in [7, 11) is 14.8. The number of aromatic nitrogens is 8. The monoisotopic (exact) mass is 1820 g/mol. The number of hydrogen-bond donors (Lipinski definition) is 4. The predicted molar refractivity (Wildman–Crippen MR) is 518 cm³/mol. The predicted octanol–water partition coefficient (Wildman–Crippen LogP) is 23.3. The number of likely N-dealkylation sites (N-methyl/N-ethyl adjacent to an activating group) is 1. The molecular weight excluding hydrogens is 1710 g/mol. The van der Waals surface area contributed by atoms with Crippen molar-refractivity contribution in [1.82, 2.24) is 64.4 Å². The molecule has 5 heterocycles. The van der Waals surface area contributed by atoms with Crippen LogP contribution in [0.3, 0.4) is 0 Å². The normalized spacial score (nSPS) is 16.0. The lowest BCUT2D eigenvalue weighted by molar-refractivity contribution is 0.154. The lowest BCUT2D eigenvalue weighted by atomic mass is 9.78. The van der Waals surface area contributed by atoms with Crippen LogP contribution in [0.2, 0.25) is 40.2 Å². The fourth-order valence-electron chi connectivity index (χ4n) is 17.0. The molecule has 4 aliphatic carbocycles. The van der Waals surface area contributed by atoms with E-state index in [0.29, 0.717) is 64.0 Å². The van der Waals surface area contributed by atoms with Crippen LogP contribution in [0.1, 0.15) is 142 Å². The molecule has 17 rings (SSSR count). The molecule has 4 aromatic heterocycles. The average Bonchev–Trinajstić information content (AvgIpc) is 0.774. The highest BCUT2D eigenvalue weighted by molar-refractivity contribution is 6.43. The molecule has 0 bridgehead atoms. The Bertz CT molecular complexity index is 5440. The van der Waals surface area contributed by atoms with E-state index < -0.39 is 0 Å². The zero-order valence-electron chi connectivity index (χ0n) is 71.6. The number of anilines is 4. The van der Waals surface area contributed by atoms with Crippen LogP contribution in [0.4, 0.5) is 23.8 Å². The van der Waals surface area contributed by atoms with Crippen molar-refractivity contribution in [2.45, 2.75) is 101 Å². The summed E-state index contributed by atoms with van der Waals surface area (Å²) in [6.45, 7) is 12.6. The van der Waals surface area contributed by atoms with E-state index in [0.717, 1.165) is 232 Å². The van der Waals surface area contributed by atoms with E-state index in [1.165, 1.54) is 35.1 Å². The number of unbranched alkanes of at least 4 members (excludes halogenated alkanes) is 4. The van der Waals surface area contributed by atoms with Crippen molar-refractivity contribution in [3.8, 4) is 45.0 Å². The Labute approximate surface area is 771 Å². The van der Waals surface area contributed by atoms with Gasteiger partial charge in [-0.1, -0.05) is 221 Å². The number of nitrogens with one attached hydrogen (secondary N) is 4. The molecule has 1 fully saturated rings. The van der Waals surface area contributed by atoms with Crippen molar-refractivity contribution in [3.05, 3.63) is 302 Å². The Balaban J connectivity index is 0.000000135. The van der Waals surface area contributed by atoms with Gasteiger partial charge in [-0.05, 0) is 261 Å². The number of piperazine rings is 1. The van der Waals surface area contributed by atoms with Gasteiger partial charge in [0.2, 0.25) is 23.8 Å². The molecule has 12 aromatic rings. The summed E-state index contributed by atoms with van der Waals surface area (Å²) in [4.78, 5) is 49.5. The minimum atomic E-state index is 0.203. The fourth-order valence-corrected chi connectivity index (χ4v) is 18.2. The number of nitrogens with zero attached hydrogens (tertiary/aromatic N) is 13. The summed E-state index contributed by atoms with van der Waals surface area (Å²) in [5.41, 5.74) is 23.1. The van der Waals surface area contributed by atoms with E-state index >= 15 is 0 Å². The van der Waals surface area contributed by atoms with Crippen LogP contribution in [0.5, 0.6) is 0 Å². The fraction of sp³-hybridized carbons (Fsp3) is 0.354. The molecule has 1 aliphatic heterocycles. The quantitative estimate of drug-likeness (QED) is 0.0342. The van der Waals surface area contributed by atoms with Crippen LogP contribution < -0.4 is 21.3 Å². The topological polar surface area (TPSA) is 167 Å². The molecule has 4 atom stereocenters. The van der Waals surface area contributed by atoms with Gasteiger partial charge in [-0.25, -0.2) is 39.9 Å². The number of fused-ring (bicyclic) bond motifs is 12. The molecule has 0 spiro atoms. The second-order valence-electron chi connectivity index (χ2n) is 33.4. The molecule has 25 heteroatoms. The van der Waals surface area contributed by atoms with E-state index in [9.17, 15) is 0 Å². The maximum Gasteiger partial charge on any atom is 0.223 e. The summed E-state index contributed by atoms with van der Waals surface area (Å²) in [5.74, 6) is 3.62. The van der Waals surface area contributed by atoms with E-state index in [2.05, 4.69) is 236 Å². The van der Waals surface area contributed by atoms with Crippen molar-refractivity contribution in [2.75, 3.05) is 149 Å². The van der Waals surface area contributed by atoms with E-state index in [-0.39, 0.29) is 23.7 Å². The second-order valence-corrected chi connectivity index (χ2v) is 36.7. The Kier molecular flexibility index (Phi) is 32.7. The minimum absolute atomic E-state index is 0.203. The van der Waals surface area contributed by atoms with Crippen molar-refractivity contribution in [1.29, 1.82) is 0 Å². The third-order valence-electron chi connectivity index (χ3n) is 23.6. The summed E-state index contributed by atoms with van der Waals surface area (Å²) in [5, 5.41) is 18.3. The summed E-state index contributed by atoms with van der Waals surface area (Å²) in [6.07, 6.45) is 20.3. The highest BCUT2D eigenvalue weighted by atomic mass is 35.5. The summed E-state index contributed by atoms with van der Waals surface area (Å²) in [6, 6.07) is 57.6. The molecule has 0 radical (unpaired) electrons. The number of rotatable bonds is 28. The van der Waals surface area contributed by atoms with Gasteiger partial charge in [-0.2, -0.15) is 0 Å². The minimum Gasteiger partial charge on any atom is -0.354 e. The first-order valence-electron chi connectivity index (χ1n) is 43.1. The largest absolute Gasteiger partial charge is 0.354 e. The van der Waals surface area contributed by atoms with Crippen molar-refractivity contribution < 1.29 is 0 Å². The zero-order chi connectivity index (χ0) is 86.8. The first-order chi connectivity index (χ1) is 60.2. The maximum atomic E-state index is 6.33. The first-order valence-corrected chi connectivity index (χ1v) is 46.1. The lowest BCUT2D eigenvalue weighted by Gasteiger charge is -2.32. The Morgan fingerprint density at radius 1 is 0.306 bits per heavy atom. The van der Waals surface area contributed by atoms with Crippen molar-refractivity contribution in [2.24, 2.45) is 0 Å². The van der Waals surface area contributed by atoms with Crippen LogP contribution in [-0.2, 0) is 25.7 Å². The van der Waals surface area contributed by atoms with Gasteiger partial charge in [-0.15, -0.1) is 0 Å². The molecule has 124 heavy (non-hydrogen) atoms. The Morgan fingerprint density at radius 3 is 0.839 bits per heavy atom. The van der Waals surface area contributed by atoms with Gasteiger partial charge in [0.05, 0.1) is 63.0 Å². The smallest absolute Gasteiger partial charge is 0.223 e. The third kappa shape index (κ3) is 23.8. The van der Waals surface area contributed by atoms with Gasteiger partial charge in [0.1, 0.15) is 0 Å². The first kappa shape index (κ1) is 91.6. The number of hydrogen-bond acceptors (Lipinski definition) is 17. The number of halogens is 8. The second kappa shape index (κ2) is 44.2. The van der Waals surface area contributed by atoms with E-state index in [1.54, 1.807) is 0 Å². The highest BCUT2D eigenvalue weighted by Gasteiger charge is 2.33. The van der Waals surface area contributed by atoms with Crippen LogP contribution >= 0.6 is 92.8 Å². The molecular formula is C99H109Cl8N17. The van der Waals surface area contributed by atoms with Gasteiger partial charge in [-0.3, -0.25) is 0 Å². The lowest BCUT2D eigenvalue weighted by Crippen LogP contribution is -2.44.